The van der Waals surface area contributed by atoms with Gasteiger partial charge in [-0.05, 0) is 19.8 Å². The van der Waals surface area contributed by atoms with Crippen LogP contribution in [0.4, 0.5) is 0 Å². The first-order valence-electron chi connectivity index (χ1n) is 8.26. The molecule has 3 heterocycles. The number of carbonyl (C=O) groups is 1. The standard InChI is InChI=1S/C16H23N5O2/c1-3-13-19-14(23-20-13)6-7-15(22)21-8-4-5-12(10-21)16-17-9-11(2)18-16/h9,12H,3-8,10H2,1-2H3,(H,17,18)/t12-/m0/s1. The fourth-order valence-corrected chi connectivity index (χ4v) is 2.97. The van der Waals surface area contributed by atoms with Crippen molar-refractivity contribution in [3.63, 3.8) is 0 Å². The van der Waals surface area contributed by atoms with Gasteiger partial charge in [-0.1, -0.05) is 12.1 Å². The molecule has 1 N–H and O–H groups in total. The number of aromatic amines is 1. The molecule has 0 aromatic carbocycles. The van der Waals surface area contributed by atoms with E-state index < -0.39 is 0 Å². The maximum atomic E-state index is 12.4. The molecule has 7 heteroatoms. The molecule has 1 amide bonds. The number of likely N-dealkylation sites (tertiary alicyclic amines) is 1. The Morgan fingerprint density at radius 2 is 2.39 bits per heavy atom. The summed E-state index contributed by atoms with van der Waals surface area (Å²) in [6, 6.07) is 0. The molecule has 124 valence electrons. The summed E-state index contributed by atoms with van der Waals surface area (Å²) in [5.74, 6) is 2.68. The first kappa shape index (κ1) is 15.7. The van der Waals surface area contributed by atoms with Gasteiger partial charge in [-0.15, -0.1) is 0 Å². The maximum Gasteiger partial charge on any atom is 0.227 e. The van der Waals surface area contributed by atoms with Gasteiger partial charge < -0.3 is 14.4 Å². The first-order chi connectivity index (χ1) is 11.2. The highest BCUT2D eigenvalue weighted by molar-refractivity contribution is 5.76. The number of nitrogens with one attached hydrogen (secondary N) is 1. The Bertz CT molecular complexity index is 663. The van der Waals surface area contributed by atoms with E-state index in [-0.39, 0.29) is 5.91 Å². The Morgan fingerprint density at radius 1 is 1.52 bits per heavy atom. The molecule has 1 aliphatic rings. The van der Waals surface area contributed by atoms with Gasteiger partial charge >= 0.3 is 0 Å². The van der Waals surface area contributed by atoms with E-state index in [1.165, 1.54) is 0 Å². The molecule has 7 nitrogen and oxygen atoms in total. The van der Waals surface area contributed by atoms with Crippen LogP contribution in [0.1, 0.15) is 55.3 Å². The first-order valence-corrected chi connectivity index (χ1v) is 8.26. The van der Waals surface area contributed by atoms with Crippen LogP contribution in [0.2, 0.25) is 0 Å². The van der Waals surface area contributed by atoms with Crippen molar-refractivity contribution in [1.29, 1.82) is 0 Å². The van der Waals surface area contributed by atoms with Crippen molar-refractivity contribution >= 4 is 5.91 Å². The molecule has 1 saturated heterocycles. The van der Waals surface area contributed by atoms with E-state index in [0.717, 1.165) is 43.9 Å². The summed E-state index contributed by atoms with van der Waals surface area (Å²) in [6.07, 6.45) is 5.59. The van der Waals surface area contributed by atoms with Crippen LogP contribution in [0, 0.1) is 6.92 Å². The summed E-state index contributed by atoms with van der Waals surface area (Å²) in [5.41, 5.74) is 1.06. The number of hydrogen-bond acceptors (Lipinski definition) is 5. The molecule has 23 heavy (non-hydrogen) atoms. The number of carbonyl (C=O) groups excluding carboxylic acids is 1. The number of piperidine rings is 1. The average molecular weight is 317 g/mol. The van der Waals surface area contributed by atoms with Crippen LogP contribution in [-0.4, -0.2) is 44.0 Å². The SMILES string of the molecule is CCc1noc(CCC(=O)N2CCC[C@H](c3ncc(C)[nH]3)C2)n1. The molecule has 0 bridgehead atoms. The summed E-state index contributed by atoms with van der Waals surface area (Å²) in [4.78, 5) is 26.3. The molecule has 1 fully saturated rings. The number of rotatable bonds is 5. The average Bonchev–Trinajstić information content (AvgIpc) is 3.21. The molecular formula is C16H23N5O2. The Kier molecular flexibility index (Phi) is 4.73. The summed E-state index contributed by atoms with van der Waals surface area (Å²) < 4.78 is 5.14. The molecule has 0 radical (unpaired) electrons. The van der Waals surface area contributed by atoms with Gasteiger partial charge in [-0.2, -0.15) is 4.98 Å². The van der Waals surface area contributed by atoms with Gasteiger partial charge in [0.25, 0.3) is 0 Å². The Hall–Kier alpha value is -2.18. The Balaban J connectivity index is 1.54. The number of hydrogen-bond donors (Lipinski definition) is 1. The second kappa shape index (κ2) is 6.93. The van der Waals surface area contributed by atoms with Crippen molar-refractivity contribution in [3.05, 3.63) is 29.4 Å². The van der Waals surface area contributed by atoms with Gasteiger partial charge in [0.2, 0.25) is 11.8 Å². The predicted molar refractivity (Wildman–Crippen MR) is 83.9 cm³/mol. The van der Waals surface area contributed by atoms with Gasteiger partial charge in [0, 0.05) is 50.2 Å². The summed E-state index contributed by atoms with van der Waals surface area (Å²) in [5, 5.41) is 3.86. The summed E-state index contributed by atoms with van der Waals surface area (Å²) in [6.45, 7) is 5.52. The molecule has 2 aromatic rings. The minimum atomic E-state index is 0.147. The van der Waals surface area contributed by atoms with Crippen molar-refractivity contribution in [2.45, 2.75) is 51.9 Å². The van der Waals surface area contributed by atoms with Crippen LogP contribution < -0.4 is 0 Å². The minimum absolute atomic E-state index is 0.147. The number of H-pyrrole nitrogens is 1. The van der Waals surface area contributed by atoms with E-state index in [2.05, 4.69) is 20.1 Å². The Morgan fingerprint density at radius 3 is 3.09 bits per heavy atom. The number of imidazole rings is 1. The van der Waals surface area contributed by atoms with E-state index in [9.17, 15) is 4.79 Å². The van der Waals surface area contributed by atoms with Crippen molar-refractivity contribution in [1.82, 2.24) is 25.0 Å². The van der Waals surface area contributed by atoms with Crippen molar-refractivity contribution in [3.8, 4) is 0 Å². The Labute approximate surface area is 135 Å². The predicted octanol–water partition coefficient (Wildman–Crippen LogP) is 2.00. The van der Waals surface area contributed by atoms with Gasteiger partial charge in [-0.3, -0.25) is 4.79 Å². The topological polar surface area (TPSA) is 87.9 Å². The zero-order chi connectivity index (χ0) is 16.2. The third-order valence-electron chi connectivity index (χ3n) is 4.26. The fraction of sp³-hybridized carbons (Fsp3) is 0.625. The molecule has 0 aliphatic carbocycles. The monoisotopic (exact) mass is 317 g/mol. The van der Waals surface area contributed by atoms with Gasteiger partial charge in [0.15, 0.2) is 5.82 Å². The highest BCUT2D eigenvalue weighted by atomic mass is 16.5. The molecule has 0 saturated carbocycles. The lowest BCUT2D eigenvalue weighted by Gasteiger charge is -2.31. The lowest BCUT2D eigenvalue weighted by Crippen LogP contribution is -2.39. The molecular weight excluding hydrogens is 294 g/mol. The van der Waals surface area contributed by atoms with Crippen LogP contribution in [0.25, 0.3) is 0 Å². The van der Waals surface area contributed by atoms with E-state index in [1.807, 2.05) is 24.9 Å². The van der Waals surface area contributed by atoms with Crippen molar-refractivity contribution in [2.24, 2.45) is 0 Å². The summed E-state index contributed by atoms with van der Waals surface area (Å²) >= 11 is 0. The van der Waals surface area contributed by atoms with E-state index in [0.29, 0.717) is 30.5 Å². The molecule has 3 rings (SSSR count). The van der Waals surface area contributed by atoms with Crippen LogP contribution in [0.5, 0.6) is 0 Å². The highest BCUT2D eigenvalue weighted by Gasteiger charge is 2.26. The summed E-state index contributed by atoms with van der Waals surface area (Å²) in [7, 11) is 0. The van der Waals surface area contributed by atoms with Crippen LogP contribution >= 0.6 is 0 Å². The number of aromatic nitrogens is 4. The van der Waals surface area contributed by atoms with Gasteiger partial charge in [-0.25, -0.2) is 4.98 Å². The normalized spacial score (nSPS) is 18.3. The van der Waals surface area contributed by atoms with Crippen LogP contribution in [0.3, 0.4) is 0 Å². The van der Waals surface area contributed by atoms with Crippen LogP contribution in [0.15, 0.2) is 10.7 Å². The van der Waals surface area contributed by atoms with Crippen molar-refractivity contribution < 1.29 is 9.32 Å². The molecule has 0 spiro atoms. The van der Waals surface area contributed by atoms with E-state index >= 15 is 0 Å². The maximum absolute atomic E-state index is 12.4. The van der Waals surface area contributed by atoms with Crippen LogP contribution in [-0.2, 0) is 17.6 Å². The third-order valence-corrected chi connectivity index (χ3v) is 4.26. The molecule has 2 aromatic heterocycles. The highest BCUT2D eigenvalue weighted by Crippen LogP contribution is 2.25. The lowest BCUT2D eigenvalue weighted by atomic mass is 9.97. The third kappa shape index (κ3) is 3.78. The smallest absolute Gasteiger partial charge is 0.227 e. The quantitative estimate of drug-likeness (QED) is 0.911. The van der Waals surface area contributed by atoms with E-state index in [1.54, 1.807) is 0 Å². The zero-order valence-corrected chi connectivity index (χ0v) is 13.7. The molecule has 1 aliphatic heterocycles. The van der Waals surface area contributed by atoms with Gasteiger partial charge in [0.05, 0.1) is 0 Å². The number of nitrogens with zero attached hydrogens (tertiary/aromatic N) is 4. The van der Waals surface area contributed by atoms with Crippen molar-refractivity contribution in [2.75, 3.05) is 13.1 Å². The molecule has 0 unspecified atom stereocenters. The largest absolute Gasteiger partial charge is 0.346 e. The van der Waals surface area contributed by atoms with Gasteiger partial charge in [0.1, 0.15) is 5.82 Å². The zero-order valence-electron chi connectivity index (χ0n) is 13.7. The molecule has 1 atom stereocenters. The van der Waals surface area contributed by atoms with E-state index in [4.69, 9.17) is 4.52 Å². The lowest BCUT2D eigenvalue weighted by molar-refractivity contribution is -0.132. The fourth-order valence-electron chi connectivity index (χ4n) is 2.97. The second-order valence-electron chi connectivity index (χ2n) is 6.09. The number of aryl methyl sites for hydroxylation is 3. The second-order valence-corrected chi connectivity index (χ2v) is 6.09. The minimum Gasteiger partial charge on any atom is -0.346 e. The number of amides is 1.